The molecule has 270 valence electrons. The van der Waals surface area contributed by atoms with Crippen LogP contribution in [0.15, 0.2) is 199 Å². The van der Waals surface area contributed by atoms with Gasteiger partial charge in [0, 0.05) is 49.5 Å². The van der Waals surface area contributed by atoms with Gasteiger partial charge < -0.3 is 8.98 Å². The quantitative estimate of drug-likeness (QED) is 0.176. The van der Waals surface area contributed by atoms with Crippen LogP contribution < -0.4 is 0 Å². The molecular weight excluding hydrogens is 709 g/mol. The van der Waals surface area contributed by atoms with E-state index in [1.807, 2.05) is 0 Å². The van der Waals surface area contributed by atoms with Crippen molar-refractivity contribution in [1.82, 2.24) is 19.5 Å². The van der Waals surface area contributed by atoms with Crippen molar-refractivity contribution >= 4 is 65.3 Å². The van der Waals surface area contributed by atoms with Crippen molar-refractivity contribution in [2.75, 3.05) is 0 Å². The smallest absolute Gasteiger partial charge is 0.164 e. The molecule has 9 aromatic carbocycles. The predicted molar refractivity (Wildman–Crippen MR) is 238 cm³/mol. The van der Waals surface area contributed by atoms with E-state index in [-0.39, 0.29) is 0 Å². The van der Waals surface area contributed by atoms with Crippen LogP contribution in [0.1, 0.15) is 0 Å². The van der Waals surface area contributed by atoms with E-state index in [1.165, 1.54) is 10.8 Å². The molecule has 0 saturated carbocycles. The number of rotatable bonds is 5. The van der Waals surface area contributed by atoms with Gasteiger partial charge in [0.2, 0.25) is 0 Å². The van der Waals surface area contributed by atoms with Crippen LogP contribution in [-0.2, 0) is 0 Å². The molecule has 0 spiro atoms. The summed E-state index contributed by atoms with van der Waals surface area (Å²) in [5, 5.41) is 8.96. The molecule has 0 unspecified atom stereocenters. The number of aromatic nitrogens is 4. The maximum atomic E-state index is 6.91. The van der Waals surface area contributed by atoms with Crippen molar-refractivity contribution in [2.45, 2.75) is 0 Å². The van der Waals surface area contributed by atoms with Gasteiger partial charge in [-0.2, -0.15) is 0 Å². The van der Waals surface area contributed by atoms with Gasteiger partial charge in [-0.1, -0.05) is 158 Å². The zero-order valence-corrected chi connectivity index (χ0v) is 31.2. The highest BCUT2D eigenvalue weighted by molar-refractivity contribution is 6.13. The van der Waals surface area contributed by atoms with Crippen molar-refractivity contribution < 1.29 is 4.42 Å². The van der Waals surface area contributed by atoms with Gasteiger partial charge in [-0.15, -0.1) is 0 Å². The molecule has 0 radical (unpaired) electrons. The van der Waals surface area contributed by atoms with Crippen LogP contribution in [0.2, 0.25) is 0 Å². The predicted octanol–water partition coefficient (Wildman–Crippen LogP) is 13.8. The first-order valence-electron chi connectivity index (χ1n) is 19.5. The van der Waals surface area contributed by atoms with E-state index in [9.17, 15) is 0 Å². The summed E-state index contributed by atoms with van der Waals surface area (Å²) in [6.07, 6.45) is 0. The van der Waals surface area contributed by atoms with Crippen LogP contribution in [-0.4, -0.2) is 19.5 Å². The Hall–Kier alpha value is -7.89. The van der Waals surface area contributed by atoms with E-state index < -0.39 is 0 Å². The largest absolute Gasteiger partial charge is 0.455 e. The lowest BCUT2D eigenvalue weighted by Crippen LogP contribution is -2.01. The Balaban J connectivity index is 1.09. The Morgan fingerprint density at radius 1 is 0.345 bits per heavy atom. The molecule has 3 aromatic heterocycles. The van der Waals surface area contributed by atoms with Crippen molar-refractivity contribution in [2.24, 2.45) is 0 Å². The lowest BCUT2D eigenvalue weighted by Gasteiger charge is -2.12. The van der Waals surface area contributed by atoms with Crippen LogP contribution in [0, 0.1) is 0 Å². The van der Waals surface area contributed by atoms with Crippen molar-refractivity contribution in [3.05, 3.63) is 194 Å². The number of para-hydroxylation sites is 2. The third-order valence-electron chi connectivity index (χ3n) is 11.4. The number of hydrogen-bond acceptors (Lipinski definition) is 4. The monoisotopic (exact) mass is 740 g/mol. The SMILES string of the molecule is c1ccc(-c2cc(-n3c4ccccc4c4ccccc43)cc3c2oc2cc(-c4nc(-c5cccc6ccccc56)nc(-c5cccc6ccccc56)n4)ccc23)cc1. The van der Waals surface area contributed by atoms with Crippen LogP contribution >= 0.6 is 0 Å². The van der Waals surface area contributed by atoms with Crippen LogP contribution in [0.5, 0.6) is 0 Å². The summed E-state index contributed by atoms with van der Waals surface area (Å²) in [6, 6.07) is 68.0. The topological polar surface area (TPSA) is 56.7 Å². The number of fused-ring (bicyclic) bond motifs is 8. The minimum atomic E-state index is 0.581. The normalized spacial score (nSPS) is 11.8. The third kappa shape index (κ3) is 5.07. The fraction of sp³-hybridized carbons (Fsp3) is 0. The molecule has 0 N–H and O–H groups in total. The number of hydrogen-bond donors (Lipinski definition) is 0. The molecule has 0 amide bonds. The molecule has 12 aromatic rings. The first kappa shape index (κ1) is 32.4. The van der Waals surface area contributed by atoms with Crippen LogP contribution in [0.4, 0.5) is 0 Å². The summed E-state index contributed by atoms with van der Waals surface area (Å²) < 4.78 is 9.29. The zero-order valence-electron chi connectivity index (χ0n) is 31.2. The molecule has 5 heteroatoms. The van der Waals surface area contributed by atoms with E-state index in [0.717, 1.165) is 88.0 Å². The molecule has 0 bridgehead atoms. The van der Waals surface area contributed by atoms with E-state index in [1.54, 1.807) is 0 Å². The van der Waals surface area contributed by atoms with Crippen molar-refractivity contribution in [1.29, 1.82) is 0 Å². The molecule has 5 nitrogen and oxygen atoms in total. The van der Waals surface area contributed by atoms with Gasteiger partial charge in [-0.3, -0.25) is 0 Å². The van der Waals surface area contributed by atoms with E-state index in [2.05, 4.69) is 199 Å². The first-order chi connectivity index (χ1) is 28.7. The zero-order chi connectivity index (χ0) is 38.2. The van der Waals surface area contributed by atoms with E-state index in [4.69, 9.17) is 19.4 Å². The molecule has 0 aliphatic heterocycles. The highest BCUT2D eigenvalue weighted by Crippen LogP contribution is 2.42. The minimum Gasteiger partial charge on any atom is -0.455 e. The average Bonchev–Trinajstić information content (AvgIpc) is 3.84. The van der Waals surface area contributed by atoms with Crippen molar-refractivity contribution in [3.8, 4) is 51.0 Å². The third-order valence-corrected chi connectivity index (χ3v) is 11.4. The molecule has 3 heterocycles. The first-order valence-corrected chi connectivity index (χ1v) is 19.5. The van der Waals surface area contributed by atoms with Gasteiger partial charge in [0.15, 0.2) is 17.5 Å². The summed E-state index contributed by atoms with van der Waals surface area (Å²) >= 11 is 0. The van der Waals surface area contributed by atoms with Crippen molar-refractivity contribution in [3.63, 3.8) is 0 Å². The lowest BCUT2D eigenvalue weighted by atomic mass is 10.0. The molecular formula is C53H32N4O. The summed E-state index contributed by atoms with van der Waals surface area (Å²) in [6.45, 7) is 0. The van der Waals surface area contributed by atoms with Gasteiger partial charge in [-0.25, -0.2) is 15.0 Å². The van der Waals surface area contributed by atoms with Crippen LogP contribution in [0.25, 0.3) is 116 Å². The maximum Gasteiger partial charge on any atom is 0.164 e. The Labute approximate surface area is 333 Å². The Bertz CT molecular complexity index is 3420. The lowest BCUT2D eigenvalue weighted by molar-refractivity contribution is 0.670. The molecule has 0 fully saturated rings. The highest BCUT2D eigenvalue weighted by Gasteiger charge is 2.20. The fourth-order valence-corrected chi connectivity index (χ4v) is 8.75. The fourth-order valence-electron chi connectivity index (χ4n) is 8.75. The summed E-state index contributed by atoms with van der Waals surface area (Å²) in [7, 11) is 0. The van der Waals surface area contributed by atoms with Gasteiger partial charge in [0.1, 0.15) is 11.2 Å². The number of furan rings is 1. The Morgan fingerprint density at radius 3 is 1.52 bits per heavy atom. The van der Waals surface area contributed by atoms with Gasteiger partial charge in [-0.05, 0) is 63.5 Å². The number of nitrogens with zero attached hydrogens (tertiary/aromatic N) is 4. The minimum absolute atomic E-state index is 0.581. The molecule has 0 aliphatic rings. The summed E-state index contributed by atoms with van der Waals surface area (Å²) in [4.78, 5) is 15.6. The Kier molecular flexibility index (Phi) is 7.16. The highest BCUT2D eigenvalue weighted by atomic mass is 16.3. The molecule has 0 aliphatic carbocycles. The molecule has 0 saturated heterocycles. The van der Waals surface area contributed by atoms with Gasteiger partial charge >= 0.3 is 0 Å². The van der Waals surface area contributed by atoms with E-state index >= 15 is 0 Å². The average molecular weight is 741 g/mol. The summed E-state index contributed by atoms with van der Waals surface area (Å²) in [5.74, 6) is 1.82. The number of benzene rings is 9. The molecule has 58 heavy (non-hydrogen) atoms. The maximum absolute atomic E-state index is 6.91. The summed E-state index contributed by atoms with van der Waals surface area (Å²) in [5.41, 5.74) is 9.89. The standard InChI is InChI=1S/C53H32N4O/c1-2-14-35(15-3-1)45-31-37(57-47-26-10-8-22-40(47)41-23-9-11-27-48(41)57)32-46-42-29-28-36(30-49(42)58-50(45)46)51-54-52(43-24-12-18-33-16-4-6-20-38(33)43)56-53(55-51)44-25-13-19-34-17-5-7-21-39(34)44/h1-32H. The van der Waals surface area contributed by atoms with E-state index in [0.29, 0.717) is 17.5 Å². The molecule has 12 rings (SSSR count). The second-order valence-electron chi connectivity index (χ2n) is 14.8. The molecule has 0 atom stereocenters. The van der Waals surface area contributed by atoms with Gasteiger partial charge in [0.25, 0.3) is 0 Å². The Morgan fingerprint density at radius 2 is 0.879 bits per heavy atom. The second-order valence-corrected chi connectivity index (χ2v) is 14.8. The van der Waals surface area contributed by atoms with Gasteiger partial charge in [0.05, 0.1) is 11.0 Å². The van der Waals surface area contributed by atoms with Crippen LogP contribution in [0.3, 0.4) is 0 Å². The second kappa shape index (κ2) is 12.8.